The lowest BCUT2D eigenvalue weighted by Gasteiger charge is -2.11. The van der Waals surface area contributed by atoms with Crippen LogP contribution in [0.25, 0.3) is 0 Å². The van der Waals surface area contributed by atoms with Gasteiger partial charge >= 0.3 is 6.36 Å². The minimum atomic E-state index is -4.85. The van der Waals surface area contributed by atoms with E-state index in [0.29, 0.717) is 12.0 Å². The van der Waals surface area contributed by atoms with Gasteiger partial charge in [-0.15, -0.1) is 13.2 Å². The summed E-state index contributed by atoms with van der Waals surface area (Å²) >= 11 is 0. The third-order valence-corrected chi connectivity index (χ3v) is 1.74. The van der Waals surface area contributed by atoms with Crippen LogP contribution in [0.15, 0.2) is 23.2 Å². The van der Waals surface area contributed by atoms with Crippen LogP contribution < -0.4 is 0 Å². The standard InChI is InChI=1S/C10H14F4O/c1-4-7(3)6-9(8(11)5-2)15-10(12,13)14/h6H,4-5H2,1-3H3/b7-6+,9-8-. The Morgan fingerprint density at radius 2 is 1.73 bits per heavy atom. The van der Waals surface area contributed by atoms with Gasteiger partial charge in [0.15, 0.2) is 5.76 Å². The highest BCUT2D eigenvalue weighted by molar-refractivity contribution is 5.20. The maximum atomic E-state index is 13.0. The first-order valence-corrected chi connectivity index (χ1v) is 4.61. The van der Waals surface area contributed by atoms with Gasteiger partial charge in [0, 0.05) is 6.42 Å². The molecule has 0 bridgehead atoms. The van der Waals surface area contributed by atoms with Gasteiger partial charge in [0.2, 0.25) is 0 Å². The maximum Gasteiger partial charge on any atom is 0.573 e. The van der Waals surface area contributed by atoms with Gasteiger partial charge in [0.25, 0.3) is 0 Å². The van der Waals surface area contributed by atoms with Gasteiger partial charge < -0.3 is 4.74 Å². The Labute approximate surface area is 86.4 Å². The molecule has 0 N–H and O–H groups in total. The molecule has 0 unspecified atom stereocenters. The van der Waals surface area contributed by atoms with Crippen molar-refractivity contribution in [2.75, 3.05) is 0 Å². The zero-order chi connectivity index (χ0) is 12.1. The van der Waals surface area contributed by atoms with Crippen molar-refractivity contribution >= 4 is 0 Å². The van der Waals surface area contributed by atoms with Gasteiger partial charge in [-0.2, -0.15) is 0 Å². The number of ether oxygens (including phenoxy) is 1. The summed E-state index contributed by atoms with van der Waals surface area (Å²) < 4.78 is 52.3. The summed E-state index contributed by atoms with van der Waals surface area (Å²) in [7, 11) is 0. The average molecular weight is 226 g/mol. The van der Waals surface area contributed by atoms with E-state index < -0.39 is 17.9 Å². The fourth-order valence-corrected chi connectivity index (χ4v) is 0.788. The second kappa shape index (κ2) is 5.78. The topological polar surface area (TPSA) is 9.23 Å². The quantitative estimate of drug-likeness (QED) is 0.390. The Morgan fingerprint density at radius 1 is 1.20 bits per heavy atom. The fraction of sp³-hybridized carbons (Fsp3) is 0.600. The number of rotatable bonds is 4. The molecule has 1 nitrogen and oxygen atoms in total. The van der Waals surface area contributed by atoms with Crippen LogP contribution in [0.4, 0.5) is 17.6 Å². The highest BCUT2D eigenvalue weighted by atomic mass is 19.4. The van der Waals surface area contributed by atoms with Gasteiger partial charge in [-0.25, -0.2) is 4.39 Å². The van der Waals surface area contributed by atoms with E-state index in [1.807, 2.05) is 0 Å². The first-order chi connectivity index (χ1) is 6.80. The molecule has 88 valence electrons. The summed E-state index contributed by atoms with van der Waals surface area (Å²) in [5.74, 6) is -1.65. The lowest BCUT2D eigenvalue weighted by atomic mass is 10.2. The van der Waals surface area contributed by atoms with Crippen LogP contribution in [0.2, 0.25) is 0 Å². The minimum Gasteiger partial charge on any atom is -0.403 e. The molecule has 0 saturated heterocycles. The number of allylic oxidation sites excluding steroid dienone is 3. The van der Waals surface area contributed by atoms with Crippen LogP contribution in [0, 0.1) is 0 Å². The monoisotopic (exact) mass is 226 g/mol. The Balaban J connectivity index is 4.93. The molecule has 0 aliphatic rings. The van der Waals surface area contributed by atoms with Gasteiger partial charge in [-0.3, -0.25) is 0 Å². The lowest BCUT2D eigenvalue weighted by molar-refractivity contribution is -0.304. The van der Waals surface area contributed by atoms with Crippen molar-refractivity contribution in [3.05, 3.63) is 23.2 Å². The first-order valence-electron chi connectivity index (χ1n) is 4.61. The Morgan fingerprint density at radius 3 is 2.07 bits per heavy atom. The average Bonchev–Trinajstić information content (AvgIpc) is 2.13. The molecule has 0 aromatic carbocycles. The van der Waals surface area contributed by atoms with Gasteiger partial charge in [0.1, 0.15) is 5.83 Å². The van der Waals surface area contributed by atoms with E-state index in [9.17, 15) is 17.6 Å². The molecule has 5 heteroatoms. The summed E-state index contributed by atoms with van der Waals surface area (Å²) in [6.07, 6.45) is -3.36. The van der Waals surface area contributed by atoms with Crippen molar-refractivity contribution < 1.29 is 22.3 Å². The molecule has 0 aromatic rings. The number of hydrogen-bond donors (Lipinski definition) is 0. The third kappa shape index (κ3) is 6.14. The van der Waals surface area contributed by atoms with E-state index in [1.54, 1.807) is 13.8 Å². The molecule has 0 aromatic heterocycles. The van der Waals surface area contributed by atoms with E-state index in [1.165, 1.54) is 6.92 Å². The fourth-order valence-electron chi connectivity index (χ4n) is 0.788. The normalized spacial score (nSPS) is 15.0. The van der Waals surface area contributed by atoms with Crippen LogP contribution in [-0.2, 0) is 4.74 Å². The summed E-state index contributed by atoms with van der Waals surface area (Å²) in [5.41, 5.74) is 0.623. The lowest BCUT2D eigenvalue weighted by Crippen LogP contribution is -2.13. The second-order valence-electron chi connectivity index (χ2n) is 3.01. The van der Waals surface area contributed by atoms with Crippen LogP contribution in [0.3, 0.4) is 0 Å². The molecule has 0 rings (SSSR count). The van der Waals surface area contributed by atoms with Crippen LogP contribution >= 0.6 is 0 Å². The van der Waals surface area contributed by atoms with Crippen molar-refractivity contribution in [1.29, 1.82) is 0 Å². The highest BCUT2D eigenvalue weighted by Gasteiger charge is 2.32. The molecule has 0 spiro atoms. The molecule has 0 amide bonds. The smallest absolute Gasteiger partial charge is 0.403 e. The van der Waals surface area contributed by atoms with E-state index in [2.05, 4.69) is 4.74 Å². The minimum absolute atomic E-state index is 0.126. The maximum absolute atomic E-state index is 13.0. The Hall–Kier alpha value is -1.00. The van der Waals surface area contributed by atoms with Crippen molar-refractivity contribution in [2.24, 2.45) is 0 Å². The molecule has 15 heavy (non-hydrogen) atoms. The second-order valence-corrected chi connectivity index (χ2v) is 3.01. The molecule has 0 heterocycles. The van der Waals surface area contributed by atoms with Gasteiger partial charge in [-0.05, 0) is 19.4 Å². The third-order valence-electron chi connectivity index (χ3n) is 1.74. The van der Waals surface area contributed by atoms with Crippen LogP contribution in [0.1, 0.15) is 33.6 Å². The summed E-state index contributed by atoms with van der Waals surface area (Å²) in [5, 5.41) is 0. The molecule has 0 radical (unpaired) electrons. The van der Waals surface area contributed by atoms with Crippen molar-refractivity contribution in [3.63, 3.8) is 0 Å². The molecule has 0 atom stereocenters. The highest BCUT2D eigenvalue weighted by Crippen LogP contribution is 2.26. The predicted octanol–water partition coefficient (Wildman–Crippen LogP) is 4.47. The van der Waals surface area contributed by atoms with Gasteiger partial charge in [0.05, 0.1) is 0 Å². The molecular formula is C10H14F4O. The van der Waals surface area contributed by atoms with E-state index in [4.69, 9.17) is 0 Å². The zero-order valence-electron chi connectivity index (χ0n) is 8.91. The molecule has 0 saturated carbocycles. The Kier molecular flexibility index (Phi) is 5.39. The van der Waals surface area contributed by atoms with Gasteiger partial charge in [-0.1, -0.05) is 19.4 Å². The van der Waals surface area contributed by atoms with E-state index in [-0.39, 0.29) is 6.42 Å². The molecule has 0 fully saturated rings. The molecule has 0 aliphatic carbocycles. The summed E-state index contributed by atoms with van der Waals surface area (Å²) in [4.78, 5) is 0. The summed E-state index contributed by atoms with van der Waals surface area (Å²) in [6.45, 7) is 4.80. The van der Waals surface area contributed by atoms with Crippen LogP contribution in [-0.4, -0.2) is 6.36 Å². The SMILES string of the molecule is CC/C(F)=C(\C=C(/C)CC)OC(F)(F)F. The van der Waals surface area contributed by atoms with Crippen molar-refractivity contribution in [3.8, 4) is 0 Å². The first kappa shape index (κ1) is 14.0. The molecular weight excluding hydrogens is 212 g/mol. The number of alkyl halides is 3. The largest absolute Gasteiger partial charge is 0.573 e. The van der Waals surface area contributed by atoms with Crippen molar-refractivity contribution in [2.45, 2.75) is 40.0 Å². The summed E-state index contributed by atoms with van der Waals surface area (Å²) in [6, 6.07) is 0. The number of hydrogen-bond acceptors (Lipinski definition) is 1. The zero-order valence-corrected chi connectivity index (χ0v) is 8.91. The number of halogens is 4. The predicted molar refractivity (Wildman–Crippen MR) is 49.6 cm³/mol. The van der Waals surface area contributed by atoms with Crippen LogP contribution in [0.5, 0.6) is 0 Å². The van der Waals surface area contributed by atoms with E-state index in [0.717, 1.165) is 6.08 Å². The van der Waals surface area contributed by atoms with E-state index >= 15 is 0 Å². The molecule has 0 aliphatic heterocycles. The van der Waals surface area contributed by atoms with Crippen molar-refractivity contribution in [1.82, 2.24) is 0 Å². The Bertz CT molecular complexity index is 263.